The van der Waals surface area contributed by atoms with E-state index in [4.69, 9.17) is 13.9 Å². The summed E-state index contributed by atoms with van der Waals surface area (Å²) in [6.45, 7) is 4.49. The van der Waals surface area contributed by atoms with Crippen molar-refractivity contribution in [3.05, 3.63) is 83.9 Å². The lowest BCUT2D eigenvalue weighted by Crippen LogP contribution is -2.17. The number of rotatable bonds is 10. The van der Waals surface area contributed by atoms with E-state index in [0.29, 0.717) is 18.1 Å². The van der Waals surface area contributed by atoms with Gasteiger partial charge in [0.05, 0.1) is 12.0 Å². The van der Waals surface area contributed by atoms with Gasteiger partial charge in [0.1, 0.15) is 23.7 Å². The first-order valence-corrected chi connectivity index (χ1v) is 10.4. The quantitative estimate of drug-likeness (QED) is 0.354. The highest BCUT2D eigenvalue weighted by molar-refractivity contribution is 5.88. The minimum atomic E-state index is 0.109. The molecule has 0 aliphatic carbocycles. The third-order valence-corrected chi connectivity index (χ3v) is 5.05. The number of nitrogens with zero attached hydrogens (tertiary/aromatic N) is 1. The molecule has 0 radical (unpaired) electrons. The van der Waals surface area contributed by atoms with E-state index in [1.807, 2.05) is 43.5 Å². The maximum Gasteiger partial charge on any atom is 0.161 e. The Bertz CT molecular complexity index is 1130. The van der Waals surface area contributed by atoms with Crippen molar-refractivity contribution in [1.29, 1.82) is 0 Å². The summed E-state index contributed by atoms with van der Waals surface area (Å²) in [5.74, 6) is 2.06. The Kier molecular flexibility index (Phi) is 6.69. The molecule has 160 valence electrons. The average Bonchev–Trinajstić information content (AvgIpc) is 3.12. The molecule has 0 fully saturated rings. The second-order valence-electron chi connectivity index (χ2n) is 7.28. The maximum absolute atomic E-state index is 9.88. The number of benzene rings is 2. The van der Waals surface area contributed by atoms with Crippen molar-refractivity contribution in [2.45, 2.75) is 26.5 Å². The summed E-state index contributed by atoms with van der Waals surface area (Å²) in [5.41, 5.74) is 2.91. The molecule has 0 amide bonds. The second kappa shape index (κ2) is 10.00. The van der Waals surface area contributed by atoms with Gasteiger partial charge in [-0.1, -0.05) is 24.3 Å². The molecule has 31 heavy (non-hydrogen) atoms. The molecule has 4 rings (SSSR count). The Morgan fingerprint density at radius 3 is 2.71 bits per heavy atom. The van der Waals surface area contributed by atoms with Crippen molar-refractivity contribution in [1.82, 2.24) is 10.3 Å². The van der Waals surface area contributed by atoms with Crippen LogP contribution in [0.1, 0.15) is 23.3 Å². The number of fused-ring (bicyclic) bond motifs is 1. The molecule has 0 saturated heterocycles. The Hall–Kier alpha value is -3.51. The van der Waals surface area contributed by atoms with Gasteiger partial charge in [0.2, 0.25) is 0 Å². The number of hydrogen-bond acceptors (Lipinski definition) is 6. The molecule has 0 aliphatic rings. The third-order valence-electron chi connectivity index (χ3n) is 5.05. The van der Waals surface area contributed by atoms with Crippen LogP contribution in [-0.4, -0.2) is 23.2 Å². The van der Waals surface area contributed by atoms with Crippen LogP contribution in [-0.2, 0) is 13.2 Å². The number of aryl methyl sites for hydroxylation is 1. The summed E-state index contributed by atoms with van der Waals surface area (Å²) < 4.78 is 17.8. The number of furan rings is 1. The normalized spacial score (nSPS) is 11.0. The number of phenolic OH excluding ortho intramolecular Hbond substituents is 1. The van der Waals surface area contributed by atoms with Crippen molar-refractivity contribution in [3.63, 3.8) is 0 Å². The smallest absolute Gasteiger partial charge is 0.161 e. The minimum Gasteiger partial charge on any atom is -0.504 e. The van der Waals surface area contributed by atoms with Crippen LogP contribution >= 0.6 is 0 Å². The largest absolute Gasteiger partial charge is 0.504 e. The molecule has 0 spiro atoms. The predicted octanol–water partition coefficient (Wildman–Crippen LogP) is 4.98. The second-order valence-corrected chi connectivity index (χ2v) is 7.28. The molecule has 0 atom stereocenters. The summed E-state index contributed by atoms with van der Waals surface area (Å²) in [6.07, 6.45) is 4.53. The molecular weight excluding hydrogens is 392 g/mol. The molecule has 4 aromatic rings. The van der Waals surface area contributed by atoms with Crippen LogP contribution in [0.2, 0.25) is 0 Å². The molecule has 0 aliphatic heterocycles. The number of aromatic hydroxyl groups is 1. The lowest BCUT2D eigenvalue weighted by molar-refractivity contribution is 0.261. The highest BCUT2D eigenvalue weighted by atomic mass is 16.5. The maximum atomic E-state index is 9.88. The molecule has 0 bridgehead atoms. The van der Waals surface area contributed by atoms with Crippen molar-refractivity contribution in [2.75, 3.05) is 13.2 Å². The van der Waals surface area contributed by atoms with Gasteiger partial charge in [0, 0.05) is 24.5 Å². The first-order chi connectivity index (χ1) is 15.2. The molecule has 2 aromatic heterocycles. The summed E-state index contributed by atoms with van der Waals surface area (Å²) in [4.78, 5) is 4.12. The fourth-order valence-electron chi connectivity index (χ4n) is 3.41. The van der Waals surface area contributed by atoms with Crippen molar-refractivity contribution in [3.8, 4) is 17.2 Å². The number of hydrogen-bond donors (Lipinski definition) is 2. The van der Waals surface area contributed by atoms with Crippen LogP contribution in [0, 0.1) is 6.92 Å². The molecular formula is C25H26N2O4. The number of nitrogens with one attached hydrogen (secondary N) is 1. The summed E-state index contributed by atoms with van der Waals surface area (Å²) >= 11 is 0. The fourth-order valence-corrected chi connectivity index (χ4v) is 3.41. The van der Waals surface area contributed by atoms with E-state index < -0.39 is 0 Å². The molecule has 6 heteroatoms. The van der Waals surface area contributed by atoms with Crippen LogP contribution < -0.4 is 14.8 Å². The highest BCUT2D eigenvalue weighted by Crippen LogP contribution is 2.34. The van der Waals surface area contributed by atoms with Gasteiger partial charge in [-0.05, 0) is 55.8 Å². The zero-order valence-corrected chi connectivity index (χ0v) is 17.5. The number of aromatic nitrogens is 1. The van der Waals surface area contributed by atoms with Crippen LogP contribution in [0.3, 0.4) is 0 Å². The molecule has 6 nitrogen and oxygen atoms in total. The molecule has 0 saturated carbocycles. The standard InChI is InChI=1S/C25H26N2O4/c1-18-24(17-30-21-9-3-2-8-20(21)28)31-23-11-4-10-22(25(18)23)29-14-6-13-27-16-19-7-5-12-26-15-19/h2-5,7-12,15,27-28H,6,13-14,16-17H2,1H3. The van der Waals surface area contributed by atoms with E-state index >= 15 is 0 Å². The number of pyridine rings is 1. The third kappa shape index (κ3) is 5.16. The van der Waals surface area contributed by atoms with E-state index in [2.05, 4.69) is 16.4 Å². The van der Waals surface area contributed by atoms with Gasteiger partial charge in [-0.15, -0.1) is 0 Å². The SMILES string of the molecule is Cc1c(COc2ccccc2O)oc2cccc(OCCCNCc3cccnc3)c12. The van der Waals surface area contributed by atoms with E-state index in [1.165, 1.54) is 5.56 Å². The van der Waals surface area contributed by atoms with Crippen LogP contribution in [0.15, 0.2) is 71.4 Å². The Morgan fingerprint density at radius 2 is 1.87 bits per heavy atom. The fraction of sp³-hybridized carbons (Fsp3) is 0.240. The first kappa shape index (κ1) is 20.8. The van der Waals surface area contributed by atoms with Gasteiger partial charge in [-0.3, -0.25) is 4.98 Å². The highest BCUT2D eigenvalue weighted by Gasteiger charge is 2.16. The molecule has 2 aromatic carbocycles. The van der Waals surface area contributed by atoms with Gasteiger partial charge in [-0.25, -0.2) is 0 Å². The number of para-hydroxylation sites is 2. The average molecular weight is 418 g/mol. The van der Waals surface area contributed by atoms with E-state index in [0.717, 1.165) is 41.8 Å². The summed E-state index contributed by atoms with van der Waals surface area (Å²) in [6, 6.07) is 16.7. The van der Waals surface area contributed by atoms with Crippen LogP contribution in [0.5, 0.6) is 17.2 Å². The first-order valence-electron chi connectivity index (χ1n) is 10.4. The lowest BCUT2D eigenvalue weighted by Gasteiger charge is -2.09. The van der Waals surface area contributed by atoms with Crippen LogP contribution in [0.4, 0.5) is 0 Å². The van der Waals surface area contributed by atoms with Crippen molar-refractivity contribution < 1.29 is 19.0 Å². The topological polar surface area (TPSA) is 76.8 Å². The molecule has 0 unspecified atom stereocenters. The Morgan fingerprint density at radius 1 is 1.00 bits per heavy atom. The lowest BCUT2D eigenvalue weighted by atomic mass is 10.1. The number of ether oxygens (including phenoxy) is 2. The van der Waals surface area contributed by atoms with E-state index in [1.54, 1.807) is 24.4 Å². The van der Waals surface area contributed by atoms with E-state index in [-0.39, 0.29) is 12.4 Å². The van der Waals surface area contributed by atoms with Crippen molar-refractivity contribution in [2.24, 2.45) is 0 Å². The Labute approximate surface area is 181 Å². The molecule has 2 N–H and O–H groups in total. The van der Waals surface area contributed by atoms with Gasteiger partial charge in [-0.2, -0.15) is 0 Å². The van der Waals surface area contributed by atoms with Crippen LogP contribution in [0.25, 0.3) is 11.0 Å². The zero-order valence-electron chi connectivity index (χ0n) is 17.5. The van der Waals surface area contributed by atoms with Gasteiger partial charge in [0.15, 0.2) is 11.5 Å². The number of phenols is 1. The predicted molar refractivity (Wildman–Crippen MR) is 119 cm³/mol. The summed E-state index contributed by atoms with van der Waals surface area (Å²) in [7, 11) is 0. The van der Waals surface area contributed by atoms with E-state index in [9.17, 15) is 5.11 Å². The van der Waals surface area contributed by atoms with Crippen molar-refractivity contribution >= 4 is 11.0 Å². The van der Waals surface area contributed by atoms with Gasteiger partial charge in [0.25, 0.3) is 0 Å². The Balaban J connectivity index is 1.33. The van der Waals surface area contributed by atoms with Gasteiger partial charge < -0.3 is 24.3 Å². The molecule has 2 heterocycles. The summed E-state index contributed by atoms with van der Waals surface area (Å²) in [5, 5.41) is 14.2. The minimum absolute atomic E-state index is 0.109. The van der Waals surface area contributed by atoms with Gasteiger partial charge >= 0.3 is 0 Å². The zero-order chi connectivity index (χ0) is 21.5. The monoisotopic (exact) mass is 418 g/mol.